The first-order valence-electron chi connectivity index (χ1n) is 9.09. The molecule has 8 nitrogen and oxygen atoms in total. The number of amides is 2. The maximum atomic E-state index is 12.8. The lowest BCUT2D eigenvalue weighted by Gasteiger charge is -2.19. The highest BCUT2D eigenvalue weighted by Gasteiger charge is 2.19. The summed E-state index contributed by atoms with van der Waals surface area (Å²) in [4.78, 5) is 25.5. The van der Waals surface area contributed by atoms with Gasteiger partial charge >= 0.3 is 0 Å². The second kappa shape index (κ2) is 9.42. The monoisotopic (exact) mass is 419 g/mol. The Morgan fingerprint density at radius 1 is 1.07 bits per heavy atom. The van der Waals surface area contributed by atoms with E-state index in [1.807, 2.05) is 13.8 Å². The van der Waals surface area contributed by atoms with Gasteiger partial charge in [-0.25, -0.2) is 8.42 Å². The minimum atomic E-state index is -3.95. The molecule has 0 unspecified atom stereocenters. The van der Waals surface area contributed by atoms with Crippen molar-refractivity contribution in [3.05, 3.63) is 48.0 Å². The third kappa shape index (κ3) is 5.47. The van der Waals surface area contributed by atoms with Crippen LogP contribution in [0.3, 0.4) is 0 Å². The number of sulfonamides is 1. The van der Waals surface area contributed by atoms with E-state index in [2.05, 4.69) is 10.0 Å². The van der Waals surface area contributed by atoms with Crippen molar-refractivity contribution in [3.63, 3.8) is 0 Å². The molecule has 0 fully saturated rings. The Bertz CT molecular complexity index is 1000. The summed E-state index contributed by atoms with van der Waals surface area (Å²) in [5.41, 5.74) is 0.899. The minimum Gasteiger partial charge on any atom is -0.495 e. The zero-order valence-corrected chi connectivity index (χ0v) is 17.7. The van der Waals surface area contributed by atoms with Crippen molar-refractivity contribution in [3.8, 4) is 5.75 Å². The molecule has 9 heteroatoms. The third-order valence-electron chi connectivity index (χ3n) is 4.20. The second-order valence-electron chi connectivity index (χ2n) is 6.21. The van der Waals surface area contributed by atoms with Crippen molar-refractivity contribution in [2.75, 3.05) is 30.2 Å². The zero-order chi connectivity index (χ0) is 21.6. The minimum absolute atomic E-state index is 0.0532. The van der Waals surface area contributed by atoms with Gasteiger partial charge in [0.1, 0.15) is 5.75 Å². The number of carbonyl (C=O) groups excluding carboxylic acids is 2. The second-order valence-corrected chi connectivity index (χ2v) is 7.89. The number of hydrogen-bond acceptors (Lipinski definition) is 5. The van der Waals surface area contributed by atoms with Gasteiger partial charge in [0.25, 0.3) is 15.9 Å². The summed E-state index contributed by atoms with van der Waals surface area (Å²) in [6.45, 7) is 6.19. The fraction of sp³-hybridized carbons (Fsp3) is 0.300. The molecule has 156 valence electrons. The average Bonchev–Trinajstić information content (AvgIpc) is 2.68. The van der Waals surface area contributed by atoms with Crippen LogP contribution < -0.4 is 14.8 Å². The van der Waals surface area contributed by atoms with E-state index in [1.165, 1.54) is 38.3 Å². The number of rotatable bonds is 8. The Morgan fingerprint density at radius 2 is 1.76 bits per heavy atom. The Balaban J connectivity index is 2.33. The highest BCUT2D eigenvalue weighted by atomic mass is 32.2. The van der Waals surface area contributed by atoms with E-state index in [1.54, 1.807) is 23.1 Å². The molecule has 0 spiro atoms. The summed E-state index contributed by atoms with van der Waals surface area (Å²) in [5, 5.41) is 2.54. The normalized spacial score (nSPS) is 10.9. The van der Waals surface area contributed by atoms with Crippen molar-refractivity contribution in [2.45, 2.75) is 25.7 Å². The van der Waals surface area contributed by atoms with Crippen LogP contribution in [0.5, 0.6) is 5.75 Å². The van der Waals surface area contributed by atoms with E-state index in [0.717, 1.165) is 0 Å². The molecular formula is C20H25N3O5S. The molecule has 29 heavy (non-hydrogen) atoms. The summed E-state index contributed by atoms with van der Waals surface area (Å²) in [6.07, 6.45) is 0. The van der Waals surface area contributed by atoms with Crippen LogP contribution in [-0.2, 0) is 14.8 Å². The number of anilines is 2. The van der Waals surface area contributed by atoms with Gasteiger partial charge in [-0.15, -0.1) is 0 Å². The molecule has 2 aromatic rings. The molecule has 2 aromatic carbocycles. The van der Waals surface area contributed by atoms with Crippen molar-refractivity contribution in [1.82, 2.24) is 4.90 Å². The largest absolute Gasteiger partial charge is 0.495 e. The average molecular weight is 420 g/mol. The van der Waals surface area contributed by atoms with Crippen LogP contribution in [0.15, 0.2) is 47.4 Å². The van der Waals surface area contributed by atoms with Crippen LogP contribution in [0.4, 0.5) is 11.4 Å². The lowest BCUT2D eigenvalue weighted by Crippen LogP contribution is -2.30. The quantitative estimate of drug-likeness (QED) is 0.684. The Morgan fingerprint density at radius 3 is 2.34 bits per heavy atom. The standard InChI is InChI=1S/C20H25N3O5S/c1-5-23(6-2)20(25)15-8-7-9-16(12-15)22-29(26,27)17-10-11-19(28-4)18(13-17)21-14(3)24/h7-13,22H,5-6H2,1-4H3,(H,21,24). The number of hydrogen-bond donors (Lipinski definition) is 2. The molecule has 0 aliphatic heterocycles. The number of methoxy groups -OCH3 is 1. The summed E-state index contributed by atoms with van der Waals surface area (Å²) >= 11 is 0. The van der Waals surface area contributed by atoms with Crippen LogP contribution in [0, 0.1) is 0 Å². The summed E-state index contributed by atoms with van der Waals surface area (Å²) in [5.74, 6) is -0.187. The van der Waals surface area contributed by atoms with Crippen LogP contribution in [-0.4, -0.2) is 45.3 Å². The number of ether oxygens (including phenoxy) is 1. The molecule has 2 rings (SSSR count). The molecule has 2 N–H and O–H groups in total. The Kier molecular flexibility index (Phi) is 7.22. The van der Waals surface area contributed by atoms with Crippen LogP contribution >= 0.6 is 0 Å². The Labute approximate surface area is 170 Å². The van der Waals surface area contributed by atoms with Crippen molar-refractivity contribution in [2.24, 2.45) is 0 Å². The molecule has 0 radical (unpaired) electrons. The van der Waals surface area contributed by atoms with Crippen LogP contribution in [0.2, 0.25) is 0 Å². The molecule has 0 aliphatic rings. The summed E-state index contributed by atoms with van der Waals surface area (Å²) in [7, 11) is -2.53. The molecule has 0 aliphatic carbocycles. The molecule has 0 atom stereocenters. The molecule has 0 saturated heterocycles. The van der Waals surface area contributed by atoms with Crippen molar-refractivity contribution < 1.29 is 22.7 Å². The fourth-order valence-corrected chi connectivity index (χ4v) is 3.84. The number of benzene rings is 2. The smallest absolute Gasteiger partial charge is 0.261 e. The van der Waals surface area contributed by atoms with E-state index in [4.69, 9.17) is 4.74 Å². The highest BCUT2D eigenvalue weighted by Crippen LogP contribution is 2.28. The zero-order valence-electron chi connectivity index (χ0n) is 16.9. The van der Waals surface area contributed by atoms with Crippen molar-refractivity contribution in [1.29, 1.82) is 0 Å². The van der Waals surface area contributed by atoms with Gasteiger partial charge < -0.3 is 15.0 Å². The lowest BCUT2D eigenvalue weighted by atomic mass is 10.2. The van der Waals surface area contributed by atoms with Crippen LogP contribution in [0.25, 0.3) is 0 Å². The van der Waals surface area contributed by atoms with Gasteiger partial charge in [-0.2, -0.15) is 0 Å². The first-order valence-corrected chi connectivity index (χ1v) is 10.6. The number of carbonyl (C=O) groups is 2. The van der Waals surface area contributed by atoms with Gasteiger partial charge in [0, 0.05) is 31.3 Å². The highest BCUT2D eigenvalue weighted by molar-refractivity contribution is 7.92. The molecule has 0 saturated carbocycles. The number of nitrogens with zero attached hydrogens (tertiary/aromatic N) is 1. The Hall–Kier alpha value is -3.07. The summed E-state index contributed by atoms with van der Waals surface area (Å²) < 4.78 is 33.2. The van der Waals surface area contributed by atoms with Gasteiger partial charge in [0.05, 0.1) is 17.7 Å². The molecule has 0 heterocycles. The van der Waals surface area contributed by atoms with Gasteiger partial charge in [-0.3, -0.25) is 14.3 Å². The van der Waals surface area contributed by atoms with E-state index < -0.39 is 10.0 Å². The van der Waals surface area contributed by atoms with Gasteiger partial charge in [0.2, 0.25) is 5.91 Å². The topological polar surface area (TPSA) is 105 Å². The van der Waals surface area contributed by atoms with E-state index in [0.29, 0.717) is 24.4 Å². The van der Waals surface area contributed by atoms with Crippen molar-refractivity contribution >= 4 is 33.2 Å². The van der Waals surface area contributed by atoms with Gasteiger partial charge in [-0.1, -0.05) is 6.07 Å². The molecule has 2 amide bonds. The van der Waals surface area contributed by atoms with Gasteiger partial charge in [-0.05, 0) is 50.2 Å². The predicted octanol–water partition coefficient (Wildman–Crippen LogP) is 2.94. The molecular weight excluding hydrogens is 394 g/mol. The first-order chi connectivity index (χ1) is 13.7. The van der Waals surface area contributed by atoms with E-state index in [-0.39, 0.29) is 28.1 Å². The number of nitrogens with one attached hydrogen (secondary N) is 2. The van der Waals surface area contributed by atoms with Crippen LogP contribution in [0.1, 0.15) is 31.1 Å². The summed E-state index contributed by atoms with van der Waals surface area (Å²) in [6, 6.07) is 10.5. The third-order valence-corrected chi connectivity index (χ3v) is 5.58. The lowest BCUT2D eigenvalue weighted by molar-refractivity contribution is -0.114. The fourth-order valence-electron chi connectivity index (χ4n) is 2.76. The molecule has 0 aromatic heterocycles. The SMILES string of the molecule is CCN(CC)C(=O)c1cccc(NS(=O)(=O)c2ccc(OC)c(NC(C)=O)c2)c1. The van der Waals surface area contributed by atoms with E-state index >= 15 is 0 Å². The first kappa shape index (κ1) is 22.2. The predicted molar refractivity (Wildman–Crippen MR) is 112 cm³/mol. The maximum absolute atomic E-state index is 12.8. The van der Waals surface area contributed by atoms with E-state index in [9.17, 15) is 18.0 Å². The maximum Gasteiger partial charge on any atom is 0.261 e. The van der Waals surface area contributed by atoms with Gasteiger partial charge in [0.15, 0.2) is 0 Å². The molecule has 0 bridgehead atoms.